The van der Waals surface area contributed by atoms with E-state index in [0.717, 1.165) is 44.3 Å². The maximum absolute atomic E-state index is 5.51. The molecule has 3 rings (SSSR count). The topological polar surface area (TPSA) is 48.9 Å². The van der Waals surface area contributed by atoms with Gasteiger partial charge in [0.25, 0.3) is 0 Å². The van der Waals surface area contributed by atoms with Crippen molar-refractivity contribution in [1.82, 2.24) is 10.6 Å². The lowest BCUT2D eigenvalue weighted by molar-refractivity contribution is 0.414. The Morgan fingerprint density at radius 1 is 1.29 bits per heavy atom. The van der Waals surface area contributed by atoms with E-state index < -0.39 is 0 Å². The molecule has 0 saturated carbocycles. The fraction of sp³-hybridized carbons (Fsp3) is 0.500. The van der Waals surface area contributed by atoms with Crippen LogP contribution in [-0.2, 0) is 6.42 Å². The van der Waals surface area contributed by atoms with E-state index in [1.54, 1.807) is 7.11 Å². The van der Waals surface area contributed by atoms with Crippen molar-refractivity contribution < 1.29 is 4.74 Å². The van der Waals surface area contributed by atoms with Gasteiger partial charge in [0, 0.05) is 38.1 Å². The van der Waals surface area contributed by atoms with Crippen molar-refractivity contribution in [3.63, 3.8) is 0 Å². The van der Waals surface area contributed by atoms with Gasteiger partial charge in [-0.3, -0.25) is 4.99 Å². The lowest BCUT2D eigenvalue weighted by Gasteiger charge is -2.22. The number of anilines is 1. The molecule has 0 aliphatic carbocycles. The van der Waals surface area contributed by atoms with Crippen molar-refractivity contribution in [2.45, 2.75) is 19.8 Å². The third-order valence-electron chi connectivity index (χ3n) is 5.24. The van der Waals surface area contributed by atoms with Crippen LogP contribution in [0.5, 0.6) is 5.75 Å². The van der Waals surface area contributed by atoms with Crippen LogP contribution in [0.4, 0.5) is 5.69 Å². The average molecular weight is 401 g/mol. The third kappa shape index (κ3) is 5.64. The first-order valence-electron chi connectivity index (χ1n) is 10.0. The number of guanidine groups is 1. The Kier molecular flexibility index (Phi) is 7.60. The normalized spacial score (nSPS) is 18.2. The van der Waals surface area contributed by atoms with Crippen molar-refractivity contribution in [3.8, 4) is 5.75 Å². The van der Waals surface area contributed by atoms with Gasteiger partial charge in [0.1, 0.15) is 5.75 Å². The van der Waals surface area contributed by atoms with Crippen LogP contribution in [0.1, 0.15) is 18.2 Å². The molecule has 0 spiro atoms. The first-order valence-corrected chi connectivity index (χ1v) is 10.9. The Morgan fingerprint density at radius 2 is 2.14 bits per heavy atom. The van der Waals surface area contributed by atoms with Gasteiger partial charge in [-0.1, -0.05) is 25.1 Å². The molecule has 1 saturated heterocycles. The molecule has 0 radical (unpaired) electrons. The molecule has 1 aliphatic rings. The molecule has 2 atom stereocenters. The van der Waals surface area contributed by atoms with E-state index >= 15 is 0 Å². The average Bonchev–Trinajstić information content (AvgIpc) is 3.40. The standard InChI is InChI=1S/C22H32N4OS/c1-17(13-19-7-6-12-28-19)14-24-22(23-2)25-15-18-10-11-26(16-18)20-8-4-5-9-21(20)27-3/h4-9,12,17-18H,10-11,13-16H2,1-3H3,(H2,23,24,25). The summed E-state index contributed by atoms with van der Waals surface area (Å²) in [6.45, 7) is 6.25. The van der Waals surface area contributed by atoms with E-state index in [1.165, 1.54) is 17.0 Å². The van der Waals surface area contributed by atoms with Crippen LogP contribution >= 0.6 is 11.3 Å². The minimum Gasteiger partial charge on any atom is -0.495 e. The number of rotatable bonds is 8. The number of nitrogens with zero attached hydrogens (tertiary/aromatic N) is 2. The Bertz CT molecular complexity index is 747. The summed E-state index contributed by atoms with van der Waals surface area (Å²) in [5.41, 5.74) is 1.19. The van der Waals surface area contributed by atoms with Gasteiger partial charge in [-0.15, -0.1) is 11.3 Å². The number of methoxy groups -OCH3 is 1. The minimum absolute atomic E-state index is 0.574. The third-order valence-corrected chi connectivity index (χ3v) is 6.14. The van der Waals surface area contributed by atoms with E-state index in [1.807, 2.05) is 30.5 Å². The molecule has 1 aromatic carbocycles. The van der Waals surface area contributed by atoms with Crippen molar-refractivity contribution in [3.05, 3.63) is 46.7 Å². The second-order valence-electron chi connectivity index (χ2n) is 7.50. The molecule has 2 unspecified atom stereocenters. The molecule has 2 aromatic rings. The van der Waals surface area contributed by atoms with Crippen LogP contribution in [-0.4, -0.2) is 46.3 Å². The SMILES string of the molecule is CN=C(NCC(C)Cc1cccs1)NCC1CCN(c2ccccc2OC)C1. The molecule has 5 nitrogen and oxygen atoms in total. The van der Waals surface area contributed by atoms with E-state index in [9.17, 15) is 0 Å². The summed E-state index contributed by atoms with van der Waals surface area (Å²) in [6, 6.07) is 12.6. The second kappa shape index (κ2) is 10.4. The van der Waals surface area contributed by atoms with Crippen molar-refractivity contribution >= 4 is 23.0 Å². The highest BCUT2D eigenvalue weighted by Crippen LogP contribution is 2.31. The summed E-state index contributed by atoms with van der Waals surface area (Å²) < 4.78 is 5.51. The molecule has 6 heteroatoms. The fourth-order valence-corrected chi connectivity index (χ4v) is 4.56. The van der Waals surface area contributed by atoms with Gasteiger partial charge < -0.3 is 20.3 Å². The molecular weight excluding hydrogens is 368 g/mol. The monoisotopic (exact) mass is 400 g/mol. The number of para-hydroxylation sites is 2. The van der Waals surface area contributed by atoms with E-state index in [-0.39, 0.29) is 0 Å². The van der Waals surface area contributed by atoms with Crippen LogP contribution < -0.4 is 20.3 Å². The summed E-state index contributed by atoms with van der Waals surface area (Å²) >= 11 is 1.83. The Balaban J connectivity index is 1.42. The summed E-state index contributed by atoms with van der Waals surface area (Å²) in [7, 11) is 3.58. The quantitative estimate of drug-likeness (QED) is 0.525. The van der Waals surface area contributed by atoms with Gasteiger partial charge in [0.2, 0.25) is 0 Å². The molecule has 152 valence electrons. The second-order valence-corrected chi connectivity index (χ2v) is 8.53. The molecule has 0 bridgehead atoms. The largest absolute Gasteiger partial charge is 0.495 e. The summed E-state index contributed by atoms with van der Waals surface area (Å²) in [4.78, 5) is 8.25. The van der Waals surface area contributed by atoms with Crippen LogP contribution in [0, 0.1) is 11.8 Å². The molecule has 2 heterocycles. The molecule has 1 aliphatic heterocycles. The number of ether oxygens (including phenoxy) is 1. The molecule has 28 heavy (non-hydrogen) atoms. The maximum atomic E-state index is 5.51. The zero-order valence-electron chi connectivity index (χ0n) is 17.1. The van der Waals surface area contributed by atoms with Crippen molar-refractivity contribution in [1.29, 1.82) is 0 Å². The van der Waals surface area contributed by atoms with E-state index in [4.69, 9.17) is 4.74 Å². The number of hydrogen-bond acceptors (Lipinski definition) is 4. The highest BCUT2D eigenvalue weighted by molar-refractivity contribution is 7.09. The van der Waals surface area contributed by atoms with Gasteiger partial charge >= 0.3 is 0 Å². The number of thiophene rings is 1. The predicted molar refractivity (Wildman–Crippen MR) is 120 cm³/mol. The zero-order valence-corrected chi connectivity index (χ0v) is 18.0. The van der Waals surface area contributed by atoms with Crippen molar-refractivity contribution in [2.75, 3.05) is 45.2 Å². The van der Waals surface area contributed by atoms with Crippen LogP contribution in [0.3, 0.4) is 0 Å². The molecular formula is C22H32N4OS. The van der Waals surface area contributed by atoms with Crippen LogP contribution in [0.15, 0.2) is 46.8 Å². The first-order chi connectivity index (χ1) is 13.7. The van der Waals surface area contributed by atoms with Gasteiger partial charge in [-0.2, -0.15) is 0 Å². The number of benzene rings is 1. The van der Waals surface area contributed by atoms with Crippen LogP contribution in [0.25, 0.3) is 0 Å². The van der Waals surface area contributed by atoms with Gasteiger partial charge in [-0.25, -0.2) is 0 Å². The highest BCUT2D eigenvalue weighted by Gasteiger charge is 2.24. The zero-order chi connectivity index (χ0) is 19.8. The van der Waals surface area contributed by atoms with Crippen LogP contribution in [0.2, 0.25) is 0 Å². The Hall–Kier alpha value is -2.21. The number of hydrogen-bond donors (Lipinski definition) is 2. The van der Waals surface area contributed by atoms with Gasteiger partial charge in [-0.05, 0) is 48.3 Å². The summed E-state index contributed by atoms with van der Waals surface area (Å²) in [5.74, 6) is 3.03. The lowest BCUT2D eigenvalue weighted by atomic mass is 10.1. The molecule has 0 amide bonds. The highest BCUT2D eigenvalue weighted by atomic mass is 32.1. The number of nitrogens with one attached hydrogen (secondary N) is 2. The molecule has 1 aromatic heterocycles. The molecule has 1 fully saturated rings. The summed E-state index contributed by atoms with van der Waals surface area (Å²) in [6.07, 6.45) is 2.29. The smallest absolute Gasteiger partial charge is 0.190 e. The molecule has 2 N–H and O–H groups in total. The van der Waals surface area contributed by atoms with Gasteiger partial charge in [0.15, 0.2) is 5.96 Å². The van der Waals surface area contributed by atoms with Gasteiger partial charge in [0.05, 0.1) is 12.8 Å². The predicted octanol–water partition coefficient (Wildman–Crippen LogP) is 3.63. The Morgan fingerprint density at radius 3 is 2.89 bits per heavy atom. The Labute approximate surface area is 172 Å². The van der Waals surface area contributed by atoms with Crippen molar-refractivity contribution in [2.24, 2.45) is 16.8 Å². The fourth-order valence-electron chi connectivity index (χ4n) is 3.69. The van der Waals surface area contributed by atoms with E-state index in [0.29, 0.717) is 11.8 Å². The minimum atomic E-state index is 0.574. The first kappa shape index (κ1) is 20.5. The van der Waals surface area contributed by atoms with E-state index in [2.05, 4.69) is 57.1 Å². The summed E-state index contributed by atoms with van der Waals surface area (Å²) in [5, 5.41) is 9.13. The number of aliphatic imine (C=N–C) groups is 1. The maximum Gasteiger partial charge on any atom is 0.190 e. The lowest BCUT2D eigenvalue weighted by Crippen LogP contribution is -2.42.